The number of hydrogen-bond acceptors (Lipinski definition) is 3. The lowest BCUT2D eigenvalue weighted by molar-refractivity contribution is -0.300. The van der Waals surface area contributed by atoms with Gasteiger partial charge in [-0.25, -0.2) is 0 Å². The molecule has 0 amide bonds. The molecular weight excluding hydrogens is 228 g/mol. The first-order chi connectivity index (χ1) is 8.41. The SMILES string of the molecule is C=C(C(=O)[O-])[C@H]1C/C=C(\C)CC/C=C(\C)C[C@@H]1O. The number of carboxylic acid groups (broad SMARTS) is 1. The molecule has 0 spiro atoms. The number of carboxylic acids is 1. The van der Waals surface area contributed by atoms with E-state index in [1.54, 1.807) is 0 Å². The zero-order chi connectivity index (χ0) is 13.7. The van der Waals surface area contributed by atoms with E-state index in [1.807, 2.05) is 19.9 Å². The van der Waals surface area contributed by atoms with Crippen molar-refractivity contribution in [2.75, 3.05) is 0 Å². The molecule has 0 fully saturated rings. The molecule has 1 aliphatic carbocycles. The Kier molecular flexibility index (Phi) is 5.35. The first-order valence-electron chi connectivity index (χ1n) is 6.31. The van der Waals surface area contributed by atoms with Crippen molar-refractivity contribution in [1.29, 1.82) is 0 Å². The second kappa shape index (κ2) is 6.55. The van der Waals surface area contributed by atoms with E-state index in [-0.39, 0.29) is 5.57 Å². The third-order valence-corrected chi connectivity index (χ3v) is 3.46. The van der Waals surface area contributed by atoms with E-state index in [9.17, 15) is 15.0 Å². The molecule has 0 saturated carbocycles. The van der Waals surface area contributed by atoms with Crippen molar-refractivity contribution in [2.24, 2.45) is 5.92 Å². The van der Waals surface area contributed by atoms with Crippen molar-refractivity contribution in [3.63, 3.8) is 0 Å². The van der Waals surface area contributed by atoms with Crippen molar-refractivity contribution in [1.82, 2.24) is 0 Å². The van der Waals surface area contributed by atoms with Crippen LogP contribution in [0, 0.1) is 5.92 Å². The lowest BCUT2D eigenvalue weighted by Gasteiger charge is -2.26. The molecule has 0 aromatic heterocycles. The molecule has 0 unspecified atom stereocenters. The first-order valence-corrected chi connectivity index (χ1v) is 6.31. The molecule has 0 aliphatic heterocycles. The molecule has 3 heteroatoms. The highest BCUT2D eigenvalue weighted by atomic mass is 16.4. The third-order valence-electron chi connectivity index (χ3n) is 3.46. The minimum absolute atomic E-state index is 0.0140. The maximum absolute atomic E-state index is 10.9. The zero-order valence-electron chi connectivity index (χ0n) is 11.1. The summed E-state index contributed by atoms with van der Waals surface area (Å²) in [5.74, 6) is -1.74. The van der Waals surface area contributed by atoms with Gasteiger partial charge < -0.3 is 15.0 Å². The normalized spacial score (nSPS) is 31.7. The predicted octanol–water partition coefficient (Wildman–Crippen LogP) is 1.74. The molecule has 1 N–H and O–H groups in total. The molecular formula is C15H21O3-. The van der Waals surface area contributed by atoms with Gasteiger partial charge in [-0.15, -0.1) is 0 Å². The zero-order valence-corrected chi connectivity index (χ0v) is 11.1. The van der Waals surface area contributed by atoms with Crippen LogP contribution in [0.2, 0.25) is 0 Å². The fourth-order valence-corrected chi connectivity index (χ4v) is 2.21. The van der Waals surface area contributed by atoms with Crippen LogP contribution in [-0.2, 0) is 4.79 Å². The number of hydrogen-bond donors (Lipinski definition) is 1. The summed E-state index contributed by atoms with van der Waals surface area (Å²) in [5, 5.41) is 21.0. The number of carbonyl (C=O) groups is 1. The number of carbonyl (C=O) groups excluding carboxylic acids is 1. The van der Waals surface area contributed by atoms with Gasteiger partial charge in [-0.1, -0.05) is 29.9 Å². The average Bonchev–Trinajstić information content (AvgIpc) is 2.27. The Morgan fingerprint density at radius 3 is 2.67 bits per heavy atom. The van der Waals surface area contributed by atoms with E-state index < -0.39 is 18.0 Å². The number of allylic oxidation sites excluding steroid dienone is 3. The summed E-state index contributed by atoms with van der Waals surface area (Å²) in [6.07, 6.45) is 6.32. The Morgan fingerprint density at radius 2 is 2.06 bits per heavy atom. The number of rotatable bonds is 2. The van der Waals surface area contributed by atoms with Crippen LogP contribution in [0.4, 0.5) is 0 Å². The summed E-state index contributed by atoms with van der Waals surface area (Å²) in [7, 11) is 0. The van der Waals surface area contributed by atoms with Gasteiger partial charge in [0.1, 0.15) is 0 Å². The Morgan fingerprint density at radius 1 is 1.39 bits per heavy atom. The average molecular weight is 249 g/mol. The van der Waals surface area contributed by atoms with E-state index in [4.69, 9.17) is 0 Å². The van der Waals surface area contributed by atoms with Crippen molar-refractivity contribution >= 4 is 5.97 Å². The molecule has 0 heterocycles. The third kappa shape index (κ3) is 4.15. The van der Waals surface area contributed by atoms with Crippen LogP contribution >= 0.6 is 0 Å². The lowest BCUT2D eigenvalue weighted by Crippen LogP contribution is -2.33. The summed E-state index contributed by atoms with van der Waals surface area (Å²) in [6, 6.07) is 0. The Labute approximate surface area is 109 Å². The van der Waals surface area contributed by atoms with Gasteiger partial charge in [-0.2, -0.15) is 0 Å². The standard InChI is InChI=1S/C15H22O3/c1-10-5-4-6-11(2)9-14(16)13(8-7-10)12(3)15(17)18/h6-7,13-14,16H,3-5,8-9H2,1-2H3,(H,17,18)/p-1/b10-7+,11-6+/t13-,14+/m1/s1. The van der Waals surface area contributed by atoms with Crippen molar-refractivity contribution in [3.05, 3.63) is 35.5 Å². The molecule has 0 aromatic rings. The monoisotopic (exact) mass is 249 g/mol. The van der Waals surface area contributed by atoms with Crippen LogP contribution in [0.25, 0.3) is 0 Å². The van der Waals surface area contributed by atoms with Gasteiger partial charge in [0.25, 0.3) is 0 Å². The summed E-state index contributed by atoms with van der Waals surface area (Å²) in [5.41, 5.74) is 2.29. The molecule has 18 heavy (non-hydrogen) atoms. The quantitative estimate of drug-likeness (QED) is 0.599. The Balaban J connectivity index is 2.94. The largest absolute Gasteiger partial charge is 0.545 e. The van der Waals surface area contributed by atoms with Crippen LogP contribution in [0.1, 0.15) is 39.5 Å². The molecule has 100 valence electrons. The van der Waals surface area contributed by atoms with E-state index in [0.29, 0.717) is 12.8 Å². The highest BCUT2D eigenvalue weighted by Gasteiger charge is 2.22. The molecule has 0 bridgehead atoms. The smallest absolute Gasteiger partial charge is 0.0672 e. The maximum Gasteiger partial charge on any atom is 0.0672 e. The molecule has 3 nitrogen and oxygen atoms in total. The van der Waals surface area contributed by atoms with Crippen LogP contribution in [0.3, 0.4) is 0 Å². The van der Waals surface area contributed by atoms with Gasteiger partial charge in [0, 0.05) is 5.92 Å². The second-order valence-corrected chi connectivity index (χ2v) is 5.07. The summed E-state index contributed by atoms with van der Waals surface area (Å²) >= 11 is 0. The number of aliphatic carboxylic acids is 1. The molecule has 0 radical (unpaired) electrons. The molecule has 0 saturated heterocycles. The maximum atomic E-state index is 10.9. The van der Waals surface area contributed by atoms with Crippen LogP contribution in [0.15, 0.2) is 35.5 Å². The van der Waals surface area contributed by atoms with E-state index in [0.717, 1.165) is 18.4 Å². The Bertz CT molecular complexity index is 391. The van der Waals surface area contributed by atoms with E-state index in [2.05, 4.69) is 12.7 Å². The number of aliphatic hydroxyl groups excluding tert-OH is 1. The molecule has 2 atom stereocenters. The molecule has 1 rings (SSSR count). The fraction of sp³-hybridized carbons (Fsp3) is 0.533. The van der Waals surface area contributed by atoms with Crippen LogP contribution in [-0.4, -0.2) is 17.2 Å². The van der Waals surface area contributed by atoms with Crippen LogP contribution < -0.4 is 5.11 Å². The fourth-order valence-electron chi connectivity index (χ4n) is 2.21. The topological polar surface area (TPSA) is 60.4 Å². The van der Waals surface area contributed by atoms with Crippen molar-refractivity contribution in [3.8, 4) is 0 Å². The molecule has 0 aromatic carbocycles. The van der Waals surface area contributed by atoms with Gasteiger partial charge in [-0.05, 0) is 45.1 Å². The Hall–Kier alpha value is -1.35. The van der Waals surface area contributed by atoms with Gasteiger partial charge in [0.15, 0.2) is 0 Å². The van der Waals surface area contributed by atoms with Gasteiger partial charge in [0.2, 0.25) is 0 Å². The van der Waals surface area contributed by atoms with Crippen molar-refractivity contribution in [2.45, 2.75) is 45.6 Å². The van der Waals surface area contributed by atoms with Crippen LogP contribution in [0.5, 0.6) is 0 Å². The first kappa shape index (κ1) is 14.7. The summed E-state index contributed by atoms with van der Waals surface area (Å²) < 4.78 is 0. The minimum atomic E-state index is -1.27. The van der Waals surface area contributed by atoms with E-state index >= 15 is 0 Å². The highest BCUT2D eigenvalue weighted by molar-refractivity contribution is 5.84. The van der Waals surface area contributed by atoms with E-state index in [1.165, 1.54) is 5.57 Å². The second-order valence-electron chi connectivity index (χ2n) is 5.07. The van der Waals surface area contributed by atoms with Gasteiger partial charge in [-0.3, -0.25) is 0 Å². The predicted molar refractivity (Wildman–Crippen MR) is 69.6 cm³/mol. The summed E-state index contributed by atoms with van der Waals surface area (Å²) in [4.78, 5) is 10.9. The highest BCUT2D eigenvalue weighted by Crippen LogP contribution is 2.26. The van der Waals surface area contributed by atoms with Gasteiger partial charge >= 0.3 is 0 Å². The van der Waals surface area contributed by atoms with Crippen molar-refractivity contribution < 1.29 is 15.0 Å². The minimum Gasteiger partial charge on any atom is -0.545 e. The summed E-state index contributed by atoms with van der Waals surface area (Å²) in [6.45, 7) is 7.52. The van der Waals surface area contributed by atoms with Gasteiger partial charge in [0.05, 0.1) is 12.1 Å². The molecule has 1 aliphatic rings. The lowest BCUT2D eigenvalue weighted by atomic mass is 9.86. The number of aliphatic hydroxyl groups is 1.